The van der Waals surface area contributed by atoms with Gasteiger partial charge in [0.2, 0.25) is 0 Å². The number of aromatic nitrogens is 1. The molecule has 3 rings (SSSR count). The fourth-order valence-corrected chi connectivity index (χ4v) is 2.99. The van der Waals surface area contributed by atoms with Crippen LogP contribution in [0.2, 0.25) is 0 Å². The molecule has 0 aliphatic rings. The van der Waals surface area contributed by atoms with E-state index in [4.69, 9.17) is 5.73 Å². The molecule has 2 aromatic carbocycles. The second-order valence-corrected chi connectivity index (χ2v) is 6.55. The molecule has 25 heavy (non-hydrogen) atoms. The fourth-order valence-electron chi connectivity index (χ4n) is 2.99. The topological polar surface area (TPSA) is 68.0 Å². The Morgan fingerprint density at radius 1 is 1.08 bits per heavy atom. The highest BCUT2D eigenvalue weighted by molar-refractivity contribution is 5.95. The number of rotatable bonds is 5. The van der Waals surface area contributed by atoms with Crippen molar-refractivity contribution in [2.45, 2.75) is 19.4 Å². The first-order valence-electron chi connectivity index (χ1n) is 8.48. The molecule has 1 aromatic heterocycles. The van der Waals surface area contributed by atoms with Crippen LogP contribution in [0.4, 0.5) is 0 Å². The van der Waals surface area contributed by atoms with E-state index < -0.39 is 5.54 Å². The standard InChI is InChI=1S/C21H23N3O/c1-15(14-22)21(2,17-9-4-3-5-10-17)24-20(25)19-13-12-16-8-6-7-11-18(16)23-19/h3-13,15H,14,22H2,1-2H3,(H,24,25). The van der Waals surface area contributed by atoms with Crippen molar-refractivity contribution >= 4 is 16.8 Å². The van der Waals surface area contributed by atoms with Gasteiger partial charge in [-0.15, -0.1) is 0 Å². The molecule has 4 nitrogen and oxygen atoms in total. The van der Waals surface area contributed by atoms with Crippen LogP contribution in [0, 0.1) is 5.92 Å². The van der Waals surface area contributed by atoms with Gasteiger partial charge in [0.05, 0.1) is 11.1 Å². The Labute approximate surface area is 148 Å². The Balaban J connectivity index is 1.94. The Morgan fingerprint density at radius 2 is 1.76 bits per heavy atom. The number of amides is 1. The molecule has 1 heterocycles. The first kappa shape index (κ1) is 17.1. The van der Waals surface area contributed by atoms with Gasteiger partial charge in [0.25, 0.3) is 5.91 Å². The molecule has 0 spiro atoms. The Morgan fingerprint density at radius 3 is 2.48 bits per heavy atom. The maximum Gasteiger partial charge on any atom is 0.270 e. The molecule has 0 saturated carbocycles. The molecule has 0 aliphatic heterocycles. The summed E-state index contributed by atoms with van der Waals surface area (Å²) in [6, 6.07) is 21.4. The van der Waals surface area contributed by atoms with Crippen LogP contribution in [-0.4, -0.2) is 17.4 Å². The van der Waals surface area contributed by atoms with E-state index >= 15 is 0 Å². The van der Waals surface area contributed by atoms with Crippen molar-refractivity contribution in [3.8, 4) is 0 Å². The van der Waals surface area contributed by atoms with E-state index in [9.17, 15) is 4.79 Å². The van der Waals surface area contributed by atoms with Crippen LogP contribution in [0.15, 0.2) is 66.7 Å². The SMILES string of the molecule is CC(CN)C(C)(NC(=O)c1ccc2ccccc2n1)c1ccccc1. The van der Waals surface area contributed by atoms with Crippen molar-refractivity contribution in [2.24, 2.45) is 11.7 Å². The maximum absolute atomic E-state index is 12.9. The quantitative estimate of drug-likeness (QED) is 0.751. The predicted molar refractivity (Wildman–Crippen MR) is 101 cm³/mol. The van der Waals surface area contributed by atoms with Gasteiger partial charge in [0, 0.05) is 5.39 Å². The third-order valence-corrected chi connectivity index (χ3v) is 4.92. The molecule has 0 aliphatic carbocycles. The number of nitrogens with zero attached hydrogens (tertiary/aromatic N) is 1. The number of carbonyl (C=O) groups excluding carboxylic acids is 1. The van der Waals surface area contributed by atoms with Gasteiger partial charge < -0.3 is 11.1 Å². The summed E-state index contributed by atoms with van der Waals surface area (Å²) in [5, 5.41) is 4.17. The lowest BCUT2D eigenvalue weighted by Gasteiger charge is -2.36. The summed E-state index contributed by atoms with van der Waals surface area (Å²) in [6.07, 6.45) is 0. The van der Waals surface area contributed by atoms with E-state index in [2.05, 4.69) is 10.3 Å². The fraction of sp³-hybridized carbons (Fsp3) is 0.238. The molecule has 3 N–H and O–H groups in total. The van der Waals surface area contributed by atoms with Crippen LogP contribution in [0.3, 0.4) is 0 Å². The van der Waals surface area contributed by atoms with Gasteiger partial charge in [0.15, 0.2) is 0 Å². The molecule has 4 heteroatoms. The number of benzene rings is 2. The van der Waals surface area contributed by atoms with Gasteiger partial charge in [-0.2, -0.15) is 0 Å². The molecule has 0 bridgehead atoms. The highest BCUT2D eigenvalue weighted by Crippen LogP contribution is 2.29. The second-order valence-electron chi connectivity index (χ2n) is 6.55. The number of hydrogen-bond donors (Lipinski definition) is 2. The molecule has 0 fully saturated rings. The van der Waals surface area contributed by atoms with Crippen LogP contribution >= 0.6 is 0 Å². The first-order chi connectivity index (χ1) is 12.0. The molecule has 128 valence electrons. The molecule has 1 amide bonds. The number of nitrogens with two attached hydrogens (primary N) is 1. The lowest BCUT2D eigenvalue weighted by atomic mass is 9.80. The van der Waals surface area contributed by atoms with E-state index in [0.717, 1.165) is 16.5 Å². The Kier molecular flexibility index (Phi) is 4.81. The van der Waals surface area contributed by atoms with Crippen LogP contribution in [0.25, 0.3) is 10.9 Å². The van der Waals surface area contributed by atoms with Gasteiger partial charge in [0.1, 0.15) is 5.69 Å². The van der Waals surface area contributed by atoms with E-state index in [-0.39, 0.29) is 11.8 Å². The summed E-state index contributed by atoms with van der Waals surface area (Å²) in [5.74, 6) is -0.128. The monoisotopic (exact) mass is 333 g/mol. The third-order valence-electron chi connectivity index (χ3n) is 4.92. The molecular formula is C21H23N3O. The number of para-hydroxylation sites is 1. The first-order valence-corrected chi connectivity index (χ1v) is 8.48. The minimum Gasteiger partial charge on any atom is -0.341 e. The highest BCUT2D eigenvalue weighted by Gasteiger charge is 2.34. The summed E-state index contributed by atoms with van der Waals surface area (Å²) in [6.45, 7) is 4.52. The van der Waals surface area contributed by atoms with Crippen molar-refractivity contribution in [3.63, 3.8) is 0 Å². The Bertz CT molecular complexity index is 878. The average molecular weight is 333 g/mol. The van der Waals surface area contributed by atoms with Crippen LogP contribution in [-0.2, 0) is 5.54 Å². The summed E-state index contributed by atoms with van der Waals surface area (Å²) in [7, 11) is 0. The lowest BCUT2D eigenvalue weighted by molar-refractivity contribution is 0.0868. The zero-order valence-electron chi connectivity index (χ0n) is 14.6. The minimum atomic E-state index is -0.569. The molecule has 0 radical (unpaired) electrons. The highest BCUT2D eigenvalue weighted by atomic mass is 16.2. The number of pyridine rings is 1. The lowest BCUT2D eigenvalue weighted by Crippen LogP contribution is -2.50. The number of nitrogens with one attached hydrogen (secondary N) is 1. The largest absolute Gasteiger partial charge is 0.341 e. The third kappa shape index (κ3) is 3.39. The van der Waals surface area contributed by atoms with Crippen LogP contribution < -0.4 is 11.1 Å². The van der Waals surface area contributed by atoms with Gasteiger partial charge in [-0.3, -0.25) is 4.79 Å². The minimum absolute atomic E-state index is 0.0688. The van der Waals surface area contributed by atoms with Crippen LogP contribution in [0.1, 0.15) is 29.9 Å². The Hall–Kier alpha value is -2.72. The zero-order valence-corrected chi connectivity index (χ0v) is 14.6. The number of carbonyl (C=O) groups is 1. The van der Waals surface area contributed by atoms with E-state index in [0.29, 0.717) is 12.2 Å². The van der Waals surface area contributed by atoms with Crippen molar-refractivity contribution in [1.29, 1.82) is 0 Å². The summed E-state index contributed by atoms with van der Waals surface area (Å²) in [4.78, 5) is 17.4. The molecule has 3 aromatic rings. The average Bonchev–Trinajstić information content (AvgIpc) is 2.67. The summed E-state index contributed by atoms with van der Waals surface area (Å²) in [5.41, 5.74) is 7.59. The van der Waals surface area contributed by atoms with Crippen LogP contribution in [0.5, 0.6) is 0 Å². The van der Waals surface area contributed by atoms with Crippen molar-refractivity contribution in [3.05, 3.63) is 78.0 Å². The summed E-state index contributed by atoms with van der Waals surface area (Å²) < 4.78 is 0. The number of fused-ring (bicyclic) bond motifs is 1. The van der Waals surface area contributed by atoms with Crippen molar-refractivity contribution in [1.82, 2.24) is 10.3 Å². The van der Waals surface area contributed by atoms with Gasteiger partial charge in [-0.25, -0.2) is 4.98 Å². The van der Waals surface area contributed by atoms with E-state index in [1.54, 1.807) is 6.07 Å². The van der Waals surface area contributed by atoms with E-state index in [1.165, 1.54) is 0 Å². The van der Waals surface area contributed by atoms with Gasteiger partial charge in [-0.05, 0) is 37.1 Å². The normalized spacial score (nSPS) is 14.7. The zero-order chi connectivity index (χ0) is 17.9. The van der Waals surface area contributed by atoms with Gasteiger partial charge >= 0.3 is 0 Å². The van der Waals surface area contributed by atoms with E-state index in [1.807, 2.05) is 74.5 Å². The smallest absolute Gasteiger partial charge is 0.270 e. The predicted octanol–water partition coefficient (Wildman–Crippen LogP) is 3.47. The molecular weight excluding hydrogens is 310 g/mol. The maximum atomic E-state index is 12.9. The van der Waals surface area contributed by atoms with Gasteiger partial charge in [-0.1, -0.05) is 61.5 Å². The molecule has 0 saturated heterocycles. The molecule has 2 unspecified atom stereocenters. The second kappa shape index (κ2) is 7.03. The summed E-state index contributed by atoms with van der Waals surface area (Å²) >= 11 is 0. The van der Waals surface area contributed by atoms with Crippen molar-refractivity contribution in [2.75, 3.05) is 6.54 Å². The number of hydrogen-bond acceptors (Lipinski definition) is 3. The van der Waals surface area contributed by atoms with Crippen molar-refractivity contribution < 1.29 is 4.79 Å². The molecule has 2 atom stereocenters.